The third-order valence-electron chi connectivity index (χ3n) is 6.79. The SMILES string of the molecule is C[C@@H](c1ccc(-c2ccn3cnnc3c2)cc1)N1CC[C@](CC(C)(C)O)(c2ccccc2)OC1=O. The topological polar surface area (TPSA) is 80.0 Å². The Morgan fingerprint density at radius 1 is 1.09 bits per heavy atom. The summed E-state index contributed by atoms with van der Waals surface area (Å²) in [7, 11) is 0. The first-order chi connectivity index (χ1) is 16.7. The highest BCUT2D eigenvalue weighted by molar-refractivity contribution is 5.71. The summed E-state index contributed by atoms with van der Waals surface area (Å²) in [5.74, 6) is 0. The number of benzene rings is 2. The van der Waals surface area contributed by atoms with Gasteiger partial charge in [-0.3, -0.25) is 4.40 Å². The number of hydrogen-bond acceptors (Lipinski definition) is 5. The van der Waals surface area contributed by atoms with E-state index in [9.17, 15) is 9.90 Å². The van der Waals surface area contributed by atoms with Crippen LogP contribution in [0.3, 0.4) is 0 Å². The molecule has 7 heteroatoms. The second kappa shape index (κ2) is 8.82. The molecule has 1 amide bonds. The highest BCUT2D eigenvalue weighted by atomic mass is 16.6. The van der Waals surface area contributed by atoms with Crippen molar-refractivity contribution in [2.75, 3.05) is 6.54 Å². The quantitative estimate of drug-likeness (QED) is 0.411. The zero-order valence-corrected chi connectivity index (χ0v) is 20.3. The lowest BCUT2D eigenvalue weighted by atomic mass is 9.80. The number of ether oxygens (including phenoxy) is 1. The average Bonchev–Trinajstić information content (AvgIpc) is 3.31. The Morgan fingerprint density at radius 3 is 2.51 bits per heavy atom. The van der Waals surface area contributed by atoms with Crippen molar-refractivity contribution in [3.8, 4) is 11.1 Å². The van der Waals surface area contributed by atoms with Gasteiger partial charge in [0.25, 0.3) is 0 Å². The fraction of sp³-hybridized carbons (Fsp3) is 0.321. The molecule has 0 spiro atoms. The number of rotatable bonds is 6. The number of aliphatic hydroxyl groups is 1. The normalized spacial score (nSPS) is 19.5. The van der Waals surface area contributed by atoms with Crippen LogP contribution in [0.1, 0.15) is 50.8 Å². The van der Waals surface area contributed by atoms with Crippen LogP contribution in [0.4, 0.5) is 4.79 Å². The van der Waals surface area contributed by atoms with Crippen LogP contribution in [0.25, 0.3) is 16.8 Å². The summed E-state index contributed by atoms with van der Waals surface area (Å²) in [5, 5.41) is 18.6. The predicted molar refractivity (Wildman–Crippen MR) is 134 cm³/mol. The van der Waals surface area contributed by atoms with Gasteiger partial charge in [-0.05, 0) is 55.2 Å². The fourth-order valence-electron chi connectivity index (χ4n) is 5.02. The summed E-state index contributed by atoms with van der Waals surface area (Å²) in [6.07, 6.45) is 4.20. The molecule has 0 aliphatic carbocycles. The number of amides is 1. The molecule has 2 aromatic carbocycles. The maximum atomic E-state index is 13.3. The molecule has 1 N–H and O–H groups in total. The molecule has 1 saturated heterocycles. The van der Waals surface area contributed by atoms with Crippen molar-refractivity contribution in [3.05, 3.63) is 90.4 Å². The van der Waals surface area contributed by atoms with E-state index in [1.165, 1.54) is 0 Å². The minimum atomic E-state index is -0.977. The Hall–Kier alpha value is -3.71. The summed E-state index contributed by atoms with van der Waals surface area (Å²) in [6, 6.07) is 21.9. The molecule has 1 fully saturated rings. The van der Waals surface area contributed by atoms with E-state index in [2.05, 4.69) is 34.5 Å². The number of carbonyl (C=O) groups is 1. The first-order valence-electron chi connectivity index (χ1n) is 11.9. The zero-order chi connectivity index (χ0) is 24.6. The zero-order valence-electron chi connectivity index (χ0n) is 20.3. The third kappa shape index (κ3) is 4.64. The largest absolute Gasteiger partial charge is 0.438 e. The van der Waals surface area contributed by atoms with Crippen LogP contribution in [-0.2, 0) is 10.3 Å². The van der Waals surface area contributed by atoms with Gasteiger partial charge in [-0.1, -0.05) is 54.6 Å². The molecule has 0 bridgehead atoms. The standard InChI is InChI=1S/C28H30N4O3/c1-20(21-9-11-22(12-10-21)23-13-15-31-19-29-30-25(31)17-23)32-16-14-28(35-26(32)33,18-27(2,3)34)24-7-5-4-6-8-24/h4-13,15,17,19-20,34H,14,16,18H2,1-3H3/t20-,28-/m0/s1. The van der Waals surface area contributed by atoms with Crippen molar-refractivity contribution in [3.63, 3.8) is 0 Å². The molecule has 2 atom stereocenters. The Labute approximate surface area is 205 Å². The number of pyridine rings is 1. The van der Waals surface area contributed by atoms with E-state index in [1.807, 2.05) is 60.0 Å². The molecule has 5 rings (SSSR count). The lowest BCUT2D eigenvalue weighted by molar-refractivity contribution is -0.101. The number of aromatic nitrogens is 3. The molecule has 0 unspecified atom stereocenters. The van der Waals surface area contributed by atoms with Gasteiger partial charge < -0.3 is 14.7 Å². The lowest BCUT2D eigenvalue weighted by Crippen LogP contribution is -2.51. The van der Waals surface area contributed by atoms with E-state index >= 15 is 0 Å². The van der Waals surface area contributed by atoms with Gasteiger partial charge in [-0.2, -0.15) is 0 Å². The summed E-state index contributed by atoms with van der Waals surface area (Å²) < 4.78 is 8.00. The summed E-state index contributed by atoms with van der Waals surface area (Å²) in [5.41, 5.74) is 3.04. The van der Waals surface area contributed by atoms with Crippen molar-refractivity contribution >= 4 is 11.7 Å². The van der Waals surface area contributed by atoms with Gasteiger partial charge in [-0.25, -0.2) is 4.79 Å². The van der Waals surface area contributed by atoms with E-state index in [0.29, 0.717) is 19.4 Å². The van der Waals surface area contributed by atoms with E-state index in [1.54, 1.807) is 25.1 Å². The molecule has 2 aromatic heterocycles. The molecule has 4 aromatic rings. The van der Waals surface area contributed by atoms with Crippen molar-refractivity contribution in [2.45, 2.75) is 50.9 Å². The van der Waals surface area contributed by atoms with Crippen molar-refractivity contribution in [1.82, 2.24) is 19.5 Å². The van der Waals surface area contributed by atoms with Crippen LogP contribution in [-0.4, -0.2) is 42.8 Å². The summed E-state index contributed by atoms with van der Waals surface area (Å²) in [6.45, 7) is 6.06. The highest BCUT2D eigenvalue weighted by Crippen LogP contribution is 2.42. The van der Waals surface area contributed by atoms with Gasteiger partial charge in [0, 0.05) is 25.6 Å². The molecule has 0 radical (unpaired) electrons. The smallest absolute Gasteiger partial charge is 0.411 e. The van der Waals surface area contributed by atoms with Crippen LogP contribution in [0, 0.1) is 0 Å². The van der Waals surface area contributed by atoms with Gasteiger partial charge in [0.15, 0.2) is 5.65 Å². The molecule has 1 aliphatic heterocycles. The van der Waals surface area contributed by atoms with E-state index in [0.717, 1.165) is 27.9 Å². The average molecular weight is 471 g/mol. The van der Waals surface area contributed by atoms with Crippen LogP contribution >= 0.6 is 0 Å². The number of fused-ring (bicyclic) bond motifs is 1. The fourth-order valence-corrected chi connectivity index (χ4v) is 5.02. The van der Waals surface area contributed by atoms with E-state index in [4.69, 9.17) is 4.74 Å². The first-order valence-corrected chi connectivity index (χ1v) is 11.9. The van der Waals surface area contributed by atoms with Gasteiger partial charge in [-0.15, -0.1) is 10.2 Å². The van der Waals surface area contributed by atoms with Crippen molar-refractivity contribution < 1.29 is 14.6 Å². The Bertz CT molecular complexity index is 1330. The minimum Gasteiger partial charge on any atom is -0.438 e. The van der Waals surface area contributed by atoms with Crippen LogP contribution < -0.4 is 0 Å². The van der Waals surface area contributed by atoms with Crippen LogP contribution in [0.2, 0.25) is 0 Å². The molecule has 35 heavy (non-hydrogen) atoms. The molecule has 7 nitrogen and oxygen atoms in total. The van der Waals surface area contributed by atoms with Crippen LogP contribution in [0.15, 0.2) is 79.3 Å². The molecule has 0 saturated carbocycles. The van der Waals surface area contributed by atoms with Crippen molar-refractivity contribution in [1.29, 1.82) is 0 Å². The number of cyclic esters (lactones) is 1. The van der Waals surface area contributed by atoms with Crippen molar-refractivity contribution in [2.24, 2.45) is 0 Å². The second-order valence-electron chi connectivity index (χ2n) is 9.97. The maximum Gasteiger partial charge on any atom is 0.411 e. The first kappa shape index (κ1) is 23.1. The van der Waals surface area contributed by atoms with E-state index in [-0.39, 0.29) is 12.1 Å². The van der Waals surface area contributed by atoms with Gasteiger partial charge >= 0.3 is 6.09 Å². The van der Waals surface area contributed by atoms with E-state index < -0.39 is 11.2 Å². The summed E-state index contributed by atoms with van der Waals surface area (Å²) in [4.78, 5) is 15.0. The lowest BCUT2D eigenvalue weighted by Gasteiger charge is -2.45. The Morgan fingerprint density at radius 2 is 1.83 bits per heavy atom. The minimum absolute atomic E-state index is 0.147. The molecular formula is C28H30N4O3. The predicted octanol–water partition coefficient (Wildman–Crippen LogP) is 5.36. The third-order valence-corrected chi connectivity index (χ3v) is 6.79. The summed E-state index contributed by atoms with van der Waals surface area (Å²) >= 11 is 0. The van der Waals surface area contributed by atoms with Gasteiger partial charge in [0.2, 0.25) is 0 Å². The molecular weight excluding hydrogens is 440 g/mol. The monoisotopic (exact) mass is 470 g/mol. The highest BCUT2D eigenvalue weighted by Gasteiger charge is 2.46. The van der Waals surface area contributed by atoms with Gasteiger partial charge in [0.05, 0.1) is 11.6 Å². The molecule has 1 aliphatic rings. The number of carbonyl (C=O) groups excluding carboxylic acids is 1. The number of hydrogen-bond donors (Lipinski definition) is 1. The maximum absolute atomic E-state index is 13.3. The molecule has 180 valence electrons. The number of nitrogens with zero attached hydrogens (tertiary/aromatic N) is 4. The Balaban J connectivity index is 1.35. The molecule has 3 heterocycles. The Kier molecular flexibility index (Phi) is 5.81. The van der Waals surface area contributed by atoms with Crippen LogP contribution in [0.5, 0.6) is 0 Å². The second-order valence-corrected chi connectivity index (χ2v) is 9.97. The van der Waals surface area contributed by atoms with Gasteiger partial charge in [0.1, 0.15) is 11.9 Å².